The SMILES string of the molecule is COc1ccc(Br)cc1/C=N\NC(=O)CN(c1cccc(C)c1)S(=O)(=O)c1ccccc1. The number of aryl methyl sites for hydroxylation is 1. The number of hydrogen-bond donors (Lipinski definition) is 1. The molecule has 0 atom stereocenters. The molecule has 0 fully saturated rings. The van der Waals surface area contributed by atoms with E-state index in [2.05, 4.69) is 26.5 Å². The number of nitrogens with one attached hydrogen (secondary N) is 1. The molecule has 3 aromatic carbocycles. The molecule has 0 bridgehead atoms. The summed E-state index contributed by atoms with van der Waals surface area (Å²) in [6.07, 6.45) is 1.43. The number of rotatable bonds is 8. The Bertz CT molecular complexity index is 1230. The molecule has 0 aliphatic carbocycles. The fraction of sp³-hybridized carbons (Fsp3) is 0.130. The summed E-state index contributed by atoms with van der Waals surface area (Å²) in [5, 5.41) is 3.96. The summed E-state index contributed by atoms with van der Waals surface area (Å²) in [5.41, 5.74) is 4.30. The van der Waals surface area contributed by atoms with Gasteiger partial charge in [-0.05, 0) is 55.0 Å². The number of hydrogen-bond acceptors (Lipinski definition) is 5. The van der Waals surface area contributed by atoms with Gasteiger partial charge in [0.1, 0.15) is 12.3 Å². The summed E-state index contributed by atoms with van der Waals surface area (Å²) < 4.78 is 33.7. The van der Waals surface area contributed by atoms with Gasteiger partial charge in [-0.3, -0.25) is 9.10 Å². The second kappa shape index (κ2) is 10.4. The van der Waals surface area contributed by atoms with E-state index in [1.165, 1.54) is 25.5 Å². The minimum Gasteiger partial charge on any atom is -0.496 e. The molecule has 0 aliphatic heterocycles. The van der Waals surface area contributed by atoms with Crippen LogP contribution in [0, 0.1) is 6.92 Å². The van der Waals surface area contributed by atoms with Crippen molar-refractivity contribution in [1.82, 2.24) is 5.43 Å². The van der Waals surface area contributed by atoms with Crippen molar-refractivity contribution in [1.29, 1.82) is 0 Å². The number of nitrogens with zero attached hydrogens (tertiary/aromatic N) is 2. The summed E-state index contributed by atoms with van der Waals surface area (Å²) in [5.74, 6) is -0.00420. The Kier molecular flexibility index (Phi) is 7.66. The Labute approximate surface area is 195 Å². The topological polar surface area (TPSA) is 88.1 Å². The third kappa shape index (κ3) is 5.74. The van der Waals surface area contributed by atoms with Crippen molar-refractivity contribution in [2.75, 3.05) is 18.0 Å². The van der Waals surface area contributed by atoms with Gasteiger partial charge in [0.15, 0.2) is 0 Å². The number of amides is 1. The van der Waals surface area contributed by atoms with Gasteiger partial charge in [0.25, 0.3) is 15.9 Å². The molecule has 0 radical (unpaired) electrons. The maximum absolute atomic E-state index is 13.3. The summed E-state index contributed by atoms with van der Waals surface area (Å²) in [4.78, 5) is 12.7. The van der Waals surface area contributed by atoms with Crippen molar-refractivity contribution in [3.05, 3.63) is 88.4 Å². The predicted octanol–water partition coefficient (Wildman–Crippen LogP) is 4.11. The van der Waals surface area contributed by atoms with Crippen LogP contribution >= 0.6 is 15.9 Å². The molecule has 166 valence electrons. The van der Waals surface area contributed by atoms with Crippen LogP contribution in [0.5, 0.6) is 5.75 Å². The van der Waals surface area contributed by atoms with Gasteiger partial charge in [0, 0.05) is 10.0 Å². The molecule has 32 heavy (non-hydrogen) atoms. The lowest BCUT2D eigenvalue weighted by molar-refractivity contribution is -0.119. The molecule has 0 saturated carbocycles. The molecular weight excluding hydrogens is 494 g/mol. The number of halogens is 1. The fourth-order valence-corrected chi connectivity index (χ4v) is 4.78. The van der Waals surface area contributed by atoms with Crippen LogP contribution in [-0.4, -0.2) is 34.2 Å². The van der Waals surface area contributed by atoms with Crippen LogP contribution in [0.3, 0.4) is 0 Å². The summed E-state index contributed by atoms with van der Waals surface area (Å²) in [6.45, 7) is 1.42. The quantitative estimate of drug-likeness (QED) is 0.361. The summed E-state index contributed by atoms with van der Waals surface area (Å²) in [7, 11) is -2.43. The zero-order valence-electron chi connectivity index (χ0n) is 17.5. The second-order valence-corrected chi connectivity index (χ2v) is 9.62. The normalized spacial score (nSPS) is 11.3. The van der Waals surface area contributed by atoms with Crippen LogP contribution in [0.25, 0.3) is 0 Å². The monoisotopic (exact) mass is 515 g/mol. The molecule has 3 rings (SSSR count). The van der Waals surface area contributed by atoms with Crippen molar-refractivity contribution < 1.29 is 17.9 Å². The van der Waals surface area contributed by atoms with Crippen LogP contribution < -0.4 is 14.5 Å². The standard InChI is InChI=1S/C23H22BrN3O4S/c1-17-7-6-8-20(13-17)27(32(29,30)21-9-4-3-5-10-21)16-23(28)26-25-15-18-14-19(24)11-12-22(18)31-2/h3-15H,16H2,1-2H3,(H,26,28)/b25-15-. The lowest BCUT2D eigenvalue weighted by Gasteiger charge is -2.24. The molecule has 0 aromatic heterocycles. The molecule has 9 heteroatoms. The molecule has 0 saturated heterocycles. The largest absolute Gasteiger partial charge is 0.496 e. The molecule has 1 N–H and O–H groups in total. The second-order valence-electron chi connectivity index (χ2n) is 6.84. The number of hydrazone groups is 1. The van der Waals surface area contributed by atoms with Crippen molar-refractivity contribution >= 4 is 43.8 Å². The van der Waals surface area contributed by atoms with Crippen molar-refractivity contribution in [2.24, 2.45) is 5.10 Å². The number of methoxy groups -OCH3 is 1. The van der Waals surface area contributed by atoms with E-state index in [9.17, 15) is 13.2 Å². The van der Waals surface area contributed by atoms with E-state index >= 15 is 0 Å². The Morgan fingerprint density at radius 3 is 2.53 bits per heavy atom. The van der Waals surface area contributed by atoms with E-state index < -0.39 is 22.5 Å². The number of sulfonamides is 1. The Balaban J connectivity index is 1.84. The highest BCUT2D eigenvalue weighted by atomic mass is 79.9. The van der Waals surface area contributed by atoms with Crippen LogP contribution in [0.15, 0.2) is 87.3 Å². The van der Waals surface area contributed by atoms with E-state index in [-0.39, 0.29) is 4.90 Å². The number of carbonyl (C=O) groups excluding carboxylic acids is 1. The first kappa shape index (κ1) is 23.5. The maximum Gasteiger partial charge on any atom is 0.264 e. The first-order valence-corrected chi connectivity index (χ1v) is 11.8. The Hall–Kier alpha value is -3.17. The molecule has 0 aliphatic rings. The smallest absolute Gasteiger partial charge is 0.264 e. The van der Waals surface area contributed by atoms with Gasteiger partial charge in [-0.2, -0.15) is 5.10 Å². The van der Waals surface area contributed by atoms with Crippen molar-refractivity contribution in [3.63, 3.8) is 0 Å². The van der Waals surface area contributed by atoms with E-state index in [0.717, 1.165) is 14.3 Å². The molecule has 0 unspecified atom stereocenters. The fourth-order valence-electron chi connectivity index (χ4n) is 2.96. The molecular formula is C23H22BrN3O4S. The average molecular weight is 516 g/mol. The molecule has 3 aromatic rings. The number of carbonyl (C=O) groups is 1. The number of anilines is 1. The molecule has 7 nitrogen and oxygen atoms in total. The summed E-state index contributed by atoms with van der Waals surface area (Å²) >= 11 is 3.38. The van der Waals surface area contributed by atoms with E-state index in [0.29, 0.717) is 17.0 Å². The maximum atomic E-state index is 13.3. The van der Waals surface area contributed by atoms with Gasteiger partial charge in [-0.25, -0.2) is 13.8 Å². The van der Waals surface area contributed by atoms with E-state index in [4.69, 9.17) is 4.74 Å². The highest BCUT2D eigenvalue weighted by molar-refractivity contribution is 9.10. The van der Waals surface area contributed by atoms with Gasteiger partial charge in [0.2, 0.25) is 0 Å². The number of benzene rings is 3. The minimum absolute atomic E-state index is 0.0941. The van der Waals surface area contributed by atoms with Gasteiger partial charge in [-0.1, -0.05) is 46.3 Å². The van der Waals surface area contributed by atoms with E-state index in [1.54, 1.807) is 48.5 Å². The highest BCUT2D eigenvalue weighted by Crippen LogP contribution is 2.24. The van der Waals surface area contributed by atoms with Crippen LogP contribution in [0.4, 0.5) is 5.69 Å². The first-order valence-electron chi connectivity index (χ1n) is 9.61. The number of ether oxygens (including phenoxy) is 1. The highest BCUT2D eigenvalue weighted by Gasteiger charge is 2.27. The summed E-state index contributed by atoms with van der Waals surface area (Å²) in [6, 6.07) is 20.3. The Morgan fingerprint density at radius 2 is 1.84 bits per heavy atom. The minimum atomic E-state index is -3.97. The lowest BCUT2D eigenvalue weighted by Crippen LogP contribution is -2.39. The molecule has 0 heterocycles. The zero-order valence-corrected chi connectivity index (χ0v) is 19.9. The lowest BCUT2D eigenvalue weighted by atomic mass is 10.2. The average Bonchev–Trinajstić information content (AvgIpc) is 2.78. The first-order chi connectivity index (χ1) is 15.3. The van der Waals surface area contributed by atoms with Crippen LogP contribution in [-0.2, 0) is 14.8 Å². The van der Waals surface area contributed by atoms with Crippen molar-refractivity contribution in [3.8, 4) is 5.75 Å². The third-order valence-corrected chi connectivity index (χ3v) is 6.77. The van der Waals surface area contributed by atoms with E-state index in [1.807, 2.05) is 19.1 Å². The third-order valence-electron chi connectivity index (χ3n) is 4.49. The molecule has 1 amide bonds. The van der Waals surface area contributed by atoms with Crippen molar-refractivity contribution in [2.45, 2.75) is 11.8 Å². The Morgan fingerprint density at radius 1 is 1.09 bits per heavy atom. The zero-order chi connectivity index (χ0) is 23.1. The van der Waals surface area contributed by atoms with Crippen LogP contribution in [0.1, 0.15) is 11.1 Å². The van der Waals surface area contributed by atoms with Crippen LogP contribution in [0.2, 0.25) is 0 Å². The van der Waals surface area contributed by atoms with Gasteiger partial charge in [-0.15, -0.1) is 0 Å². The predicted molar refractivity (Wildman–Crippen MR) is 129 cm³/mol. The molecule has 0 spiro atoms. The van der Waals surface area contributed by atoms with Gasteiger partial charge in [0.05, 0.1) is 23.9 Å². The van der Waals surface area contributed by atoms with Gasteiger partial charge >= 0.3 is 0 Å². The van der Waals surface area contributed by atoms with Gasteiger partial charge < -0.3 is 4.74 Å².